The number of amides is 1. The largest absolute Gasteiger partial charge is 0.345 e. The molecule has 0 saturated carbocycles. The Morgan fingerprint density at radius 3 is 2.74 bits per heavy atom. The molecule has 8 heteroatoms. The van der Waals surface area contributed by atoms with Gasteiger partial charge in [0, 0.05) is 36.5 Å². The first kappa shape index (κ1) is 16.4. The quantitative estimate of drug-likeness (QED) is 0.815. The van der Waals surface area contributed by atoms with E-state index in [1.165, 1.54) is 16.2 Å². The van der Waals surface area contributed by atoms with Gasteiger partial charge in [0.2, 0.25) is 0 Å². The van der Waals surface area contributed by atoms with Crippen LogP contribution in [0.4, 0.5) is 0 Å². The van der Waals surface area contributed by atoms with Gasteiger partial charge < -0.3 is 4.90 Å². The van der Waals surface area contributed by atoms with Crippen LogP contribution in [-0.4, -0.2) is 44.1 Å². The maximum Gasteiger partial charge on any atom is 0.253 e. The molecule has 3 rings (SSSR count). The Labute approximate surface area is 143 Å². The van der Waals surface area contributed by atoms with Gasteiger partial charge in [-0.3, -0.25) is 4.79 Å². The van der Waals surface area contributed by atoms with Gasteiger partial charge in [0.05, 0.1) is 22.2 Å². The third kappa shape index (κ3) is 3.27. The summed E-state index contributed by atoms with van der Waals surface area (Å²) in [6, 6.07) is 5.09. The van der Waals surface area contributed by atoms with Crippen LogP contribution in [0, 0.1) is 0 Å². The predicted octanol–water partition coefficient (Wildman–Crippen LogP) is 2.64. The molecule has 1 aliphatic rings. The number of nitrogens with zero attached hydrogens (tertiary/aromatic N) is 2. The van der Waals surface area contributed by atoms with Crippen molar-refractivity contribution in [3.63, 3.8) is 0 Å². The summed E-state index contributed by atoms with van der Waals surface area (Å²) in [5, 5.41) is 1.13. The van der Waals surface area contributed by atoms with Gasteiger partial charge in [0.15, 0.2) is 9.84 Å². The van der Waals surface area contributed by atoms with E-state index in [2.05, 4.69) is 4.98 Å². The molecule has 0 saturated heterocycles. The summed E-state index contributed by atoms with van der Waals surface area (Å²) >= 11 is 7.67. The Kier molecular flexibility index (Phi) is 4.20. The highest BCUT2D eigenvalue weighted by Gasteiger charge is 2.26. The molecule has 0 radical (unpaired) electrons. The lowest BCUT2D eigenvalue weighted by Gasteiger charge is -2.11. The molecule has 2 aromatic rings. The number of halogens is 1. The van der Waals surface area contributed by atoms with Gasteiger partial charge in [-0.1, -0.05) is 11.6 Å². The molecule has 122 valence electrons. The molecule has 1 aromatic carbocycles. The monoisotopic (exact) mass is 370 g/mol. The first-order valence-electron chi connectivity index (χ1n) is 6.97. The molecule has 1 amide bonds. The maximum atomic E-state index is 12.0. The maximum absolute atomic E-state index is 12.0. The van der Waals surface area contributed by atoms with Gasteiger partial charge in [-0.05, 0) is 18.2 Å². The van der Waals surface area contributed by atoms with E-state index in [1.54, 1.807) is 32.3 Å². The van der Waals surface area contributed by atoms with Gasteiger partial charge in [-0.2, -0.15) is 0 Å². The van der Waals surface area contributed by atoms with Crippen LogP contribution < -0.4 is 0 Å². The second-order valence-electron chi connectivity index (χ2n) is 5.63. The van der Waals surface area contributed by atoms with Crippen molar-refractivity contribution in [3.05, 3.63) is 39.4 Å². The van der Waals surface area contributed by atoms with E-state index in [1.807, 2.05) is 0 Å². The van der Waals surface area contributed by atoms with Crippen LogP contribution in [-0.2, 0) is 22.0 Å². The summed E-state index contributed by atoms with van der Waals surface area (Å²) in [6.45, 7) is 0. The first-order valence-corrected chi connectivity index (χ1v) is 9.99. The van der Waals surface area contributed by atoms with Crippen LogP contribution in [0.5, 0.6) is 0 Å². The summed E-state index contributed by atoms with van der Waals surface area (Å²) in [4.78, 5) is 18.8. The highest BCUT2D eigenvalue weighted by Crippen LogP contribution is 2.36. The van der Waals surface area contributed by atoms with Crippen molar-refractivity contribution >= 4 is 38.7 Å². The molecule has 0 unspecified atom stereocenters. The summed E-state index contributed by atoms with van der Waals surface area (Å²) in [5.74, 6) is 0.0742. The second kappa shape index (κ2) is 5.89. The zero-order valence-corrected chi connectivity index (χ0v) is 15.1. The van der Waals surface area contributed by atoms with Crippen molar-refractivity contribution in [1.82, 2.24) is 9.88 Å². The van der Waals surface area contributed by atoms with Crippen LogP contribution >= 0.6 is 22.9 Å². The van der Waals surface area contributed by atoms with Crippen molar-refractivity contribution in [2.24, 2.45) is 0 Å². The molecule has 0 fully saturated rings. The molecule has 1 aliphatic heterocycles. The number of aromatic nitrogens is 1. The standard InChI is InChI=1S/C15H15ClN2O3S2/c1-18(2)15(19)9-3-4-10(11(16)7-9)14-17-12-5-6-23(20,21)8-13(12)22-14/h3-4,7H,5-6,8H2,1-2H3. The fraction of sp³-hybridized carbons (Fsp3) is 0.333. The number of benzene rings is 1. The number of thiazole rings is 1. The average Bonchev–Trinajstić information content (AvgIpc) is 2.87. The van der Waals surface area contributed by atoms with E-state index in [0.717, 1.165) is 16.1 Å². The molecule has 0 bridgehead atoms. The summed E-state index contributed by atoms with van der Waals surface area (Å²) < 4.78 is 23.4. The number of aryl methyl sites for hydroxylation is 1. The van der Waals surface area contributed by atoms with E-state index in [-0.39, 0.29) is 17.4 Å². The molecule has 0 spiro atoms. The van der Waals surface area contributed by atoms with Crippen molar-refractivity contribution < 1.29 is 13.2 Å². The van der Waals surface area contributed by atoms with Crippen LogP contribution in [0.3, 0.4) is 0 Å². The molecule has 2 heterocycles. The number of carbonyl (C=O) groups is 1. The number of hydrogen-bond acceptors (Lipinski definition) is 5. The Hall–Kier alpha value is -1.44. The number of fused-ring (bicyclic) bond motifs is 1. The zero-order valence-electron chi connectivity index (χ0n) is 12.7. The van der Waals surface area contributed by atoms with Gasteiger partial charge in [0.1, 0.15) is 5.01 Å². The van der Waals surface area contributed by atoms with Crippen molar-refractivity contribution in [2.75, 3.05) is 19.8 Å². The van der Waals surface area contributed by atoms with E-state index in [4.69, 9.17) is 11.6 Å². The summed E-state index contributed by atoms with van der Waals surface area (Å²) in [6.07, 6.45) is 0.447. The SMILES string of the molecule is CN(C)C(=O)c1ccc(-c2nc3c(s2)CS(=O)(=O)CC3)c(Cl)c1. The van der Waals surface area contributed by atoms with Gasteiger partial charge in [-0.15, -0.1) is 11.3 Å². The fourth-order valence-electron chi connectivity index (χ4n) is 2.41. The van der Waals surface area contributed by atoms with Crippen LogP contribution in [0.1, 0.15) is 20.9 Å². The summed E-state index contributed by atoms with van der Waals surface area (Å²) in [5.41, 5.74) is 2.07. The third-order valence-corrected chi connectivity index (χ3v) is 6.81. The van der Waals surface area contributed by atoms with Crippen LogP contribution in [0.15, 0.2) is 18.2 Å². The number of hydrogen-bond donors (Lipinski definition) is 0. The molecule has 0 aliphatic carbocycles. The smallest absolute Gasteiger partial charge is 0.253 e. The normalized spacial score (nSPS) is 16.0. The Bertz CT molecular complexity index is 888. The molecule has 1 aromatic heterocycles. The minimum atomic E-state index is -3.02. The lowest BCUT2D eigenvalue weighted by atomic mass is 10.1. The fourth-order valence-corrected chi connectivity index (χ4v) is 5.67. The molecular weight excluding hydrogens is 356 g/mol. The van der Waals surface area contributed by atoms with E-state index < -0.39 is 9.84 Å². The average molecular weight is 371 g/mol. The topological polar surface area (TPSA) is 67.3 Å². The van der Waals surface area contributed by atoms with E-state index in [9.17, 15) is 13.2 Å². The minimum absolute atomic E-state index is 0.0504. The lowest BCUT2D eigenvalue weighted by molar-refractivity contribution is 0.0827. The number of rotatable bonds is 2. The van der Waals surface area contributed by atoms with Crippen molar-refractivity contribution in [2.45, 2.75) is 12.2 Å². The highest BCUT2D eigenvalue weighted by atomic mass is 35.5. The molecule has 23 heavy (non-hydrogen) atoms. The van der Waals surface area contributed by atoms with Crippen molar-refractivity contribution in [3.8, 4) is 10.6 Å². The summed E-state index contributed by atoms with van der Waals surface area (Å²) in [7, 11) is 0.345. The lowest BCUT2D eigenvalue weighted by Crippen LogP contribution is -2.21. The van der Waals surface area contributed by atoms with Gasteiger partial charge in [0.25, 0.3) is 5.91 Å². The Morgan fingerprint density at radius 1 is 1.35 bits per heavy atom. The number of carbonyl (C=O) groups excluding carboxylic acids is 1. The van der Waals surface area contributed by atoms with Crippen LogP contribution in [0.2, 0.25) is 5.02 Å². The Morgan fingerprint density at radius 2 is 2.09 bits per heavy atom. The third-order valence-electron chi connectivity index (χ3n) is 3.63. The molecule has 5 nitrogen and oxygen atoms in total. The molecule has 0 N–H and O–H groups in total. The predicted molar refractivity (Wildman–Crippen MR) is 91.8 cm³/mol. The van der Waals surface area contributed by atoms with E-state index >= 15 is 0 Å². The first-order chi connectivity index (χ1) is 10.8. The number of sulfone groups is 1. The zero-order chi connectivity index (χ0) is 16.8. The minimum Gasteiger partial charge on any atom is -0.345 e. The molecular formula is C15H15ClN2O3S2. The van der Waals surface area contributed by atoms with Gasteiger partial charge in [-0.25, -0.2) is 13.4 Å². The van der Waals surface area contributed by atoms with Gasteiger partial charge >= 0.3 is 0 Å². The molecule has 0 atom stereocenters. The van der Waals surface area contributed by atoms with Crippen LogP contribution in [0.25, 0.3) is 10.6 Å². The van der Waals surface area contributed by atoms with E-state index in [0.29, 0.717) is 22.0 Å². The second-order valence-corrected chi connectivity index (χ2v) is 9.30. The van der Waals surface area contributed by atoms with Crippen molar-refractivity contribution in [1.29, 1.82) is 0 Å². The highest BCUT2D eigenvalue weighted by molar-refractivity contribution is 7.90. The Balaban J connectivity index is 1.97.